The zero-order valence-corrected chi connectivity index (χ0v) is 13.9. The summed E-state index contributed by atoms with van der Waals surface area (Å²) >= 11 is 9.58. The highest BCUT2D eigenvalue weighted by Crippen LogP contribution is 2.29. The first kappa shape index (κ1) is 14.5. The van der Waals surface area contributed by atoms with Crippen molar-refractivity contribution in [1.29, 1.82) is 0 Å². The number of halogens is 2. The van der Waals surface area contributed by atoms with Gasteiger partial charge in [0.25, 0.3) is 0 Å². The molecule has 3 nitrogen and oxygen atoms in total. The summed E-state index contributed by atoms with van der Waals surface area (Å²) in [7, 11) is 0. The quantitative estimate of drug-likeness (QED) is 0.815. The summed E-state index contributed by atoms with van der Waals surface area (Å²) in [5, 5.41) is 0.783. The highest BCUT2D eigenvalue weighted by molar-refractivity contribution is 9.10. The van der Waals surface area contributed by atoms with E-state index in [2.05, 4.69) is 37.9 Å². The van der Waals surface area contributed by atoms with Gasteiger partial charge in [0.2, 0.25) is 0 Å². The maximum Gasteiger partial charge on any atom is 0.0612 e. The van der Waals surface area contributed by atoms with Crippen LogP contribution in [0.15, 0.2) is 46.9 Å². The minimum absolute atomic E-state index is 0.783. The first-order valence-corrected chi connectivity index (χ1v) is 8.11. The van der Waals surface area contributed by atoms with Gasteiger partial charge in [0.05, 0.1) is 11.4 Å². The molecular weight excluding hydrogens is 350 g/mol. The van der Waals surface area contributed by atoms with Crippen molar-refractivity contribution in [2.75, 3.05) is 41.7 Å². The molecule has 0 atom stereocenters. The molecule has 2 aromatic rings. The van der Waals surface area contributed by atoms with Crippen LogP contribution in [0.2, 0.25) is 5.02 Å². The van der Waals surface area contributed by atoms with Gasteiger partial charge >= 0.3 is 0 Å². The monoisotopic (exact) mass is 365 g/mol. The topological polar surface area (TPSA) is 32.5 Å². The summed E-state index contributed by atoms with van der Waals surface area (Å²) in [5.74, 6) is 0. The van der Waals surface area contributed by atoms with Crippen LogP contribution in [0.1, 0.15) is 0 Å². The maximum atomic E-state index is 6.09. The molecule has 21 heavy (non-hydrogen) atoms. The van der Waals surface area contributed by atoms with Gasteiger partial charge in [-0.2, -0.15) is 0 Å². The molecule has 3 rings (SSSR count). The number of nitrogen functional groups attached to an aromatic ring is 1. The first-order valence-electron chi connectivity index (χ1n) is 6.94. The van der Waals surface area contributed by atoms with Crippen LogP contribution in [0.3, 0.4) is 0 Å². The summed E-state index contributed by atoms with van der Waals surface area (Å²) in [6.45, 7) is 3.83. The molecule has 1 heterocycles. The van der Waals surface area contributed by atoms with Gasteiger partial charge in [-0.05, 0) is 36.4 Å². The van der Waals surface area contributed by atoms with Crippen LogP contribution in [0, 0.1) is 0 Å². The van der Waals surface area contributed by atoms with Gasteiger partial charge in [-0.15, -0.1) is 0 Å². The van der Waals surface area contributed by atoms with Gasteiger partial charge in [0.1, 0.15) is 0 Å². The van der Waals surface area contributed by atoms with Crippen molar-refractivity contribution in [2.24, 2.45) is 0 Å². The predicted octanol–water partition coefficient (Wildman–Crippen LogP) is 4.01. The molecule has 2 aromatic carbocycles. The zero-order valence-electron chi connectivity index (χ0n) is 11.6. The number of nitrogens with two attached hydrogens (primary N) is 1. The molecule has 1 aliphatic rings. The Balaban J connectivity index is 1.72. The third-order valence-electron chi connectivity index (χ3n) is 3.79. The van der Waals surface area contributed by atoms with Gasteiger partial charge in [0, 0.05) is 41.4 Å². The van der Waals surface area contributed by atoms with Crippen LogP contribution >= 0.6 is 27.5 Å². The fourth-order valence-corrected chi connectivity index (χ4v) is 3.20. The molecule has 0 aliphatic carbocycles. The maximum absolute atomic E-state index is 6.09. The van der Waals surface area contributed by atoms with Crippen LogP contribution in [0.5, 0.6) is 0 Å². The van der Waals surface area contributed by atoms with E-state index in [9.17, 15) is 0 Å². The largest absolute Gasteiger partial charge is 0.397 e. The Morgan fingerprint density at radius 1 is 0.952 bits per heavy atom. The van der Waals surface area contributed by atoms with E-state index < -0.39 is 0 Å². The Morgan fingerprint density at radius 2 is 1.67 bits per heavy atom. The highest BCUT2D eigenvalue weighted by atomic mass is 79.9. The molecule has 0 unspecified atom stereocenters. The van der Waals surface area contributed by atoms with E-state index in [-0.39, 0.29) is 0 Å². The van der Waals surface area contributed by atoms with Crippen molar-refractivity contribution in [2.45, 2.75) is 0 Å². The number of hydrogen-bond donors (Lipinski definition) is 1. The third-order valence-corrected chi connectivity index (χ3v) is 4.51. The molecule has 0 amide bonds. The lowest BCUT2D eigenvalue weighted by Crippen LogP contribution is -2.46. The SMILES string of the molecule is Nc1ccc(Br)cc1N1CCN(c2cccc(Cl)c2)CC1. The number of anilines is 3. The van der Waals surface area contributed by atoms with E-state index >= 15 is 0 Å². The molecule has 1 saturated heterocycles. The Hall–Kier alpha value is -1.39. The number of rotatable bonds is 2. The van der Waals surface area contributed by atoms with Crippen molar-refractivity contribution in [3.8, 4) is 0 Å². The average molecular weight is 367 g/mol. The summed E-state index contributed by atoms with van der Waals surface area (Å²) in [4.78, 5) is 4.69. The van der Waals surface area contributed by atoms with Crippen molar-refractivity contribution in [3.63, 3.8) is 0 Å². The summed E-state index contributed by atoms with van der Waals surface area (Å²) < 4.78 is 1.06. The van der Waals surface area contributed by atoms with Gasteiger partial charge in [-0.3, -0.25) is 0 Å². The average Bonchev–Trinajstić information content (AvgIpc) is 2.50. The van der Waals surface area contributed by atoms with E-state index in [4.69, 9.17) is 17.3 Å². The highest BCUT2D eigenvalue weighted by Gasteiger charge is 2.19. The van der Waals surface area contributed by atoms with Gasteiger partial charge in [-0.1, -0.05) is 33.6 Å². The predicted molar refractivity (Wildman–Crippen MR) is 94.4 cm³/mol. The fourth-order valence-electron chi connectivity index (χ4n) is 2.67. The molecule has 1 aliphatic heterocycles. The molecule has 110 valence electrons. The normalized spacial score (nSPS) is 15.3. The minimum atomic E-state index is 0.783. The summed E-state index contributed by atoms with van der Waals surface area (Å²) in [5.41, 5.74) is 9.21. The fraction of sp³-hybridized carbons (Fsp3) is 0.250. The Labute approximate surface area is 138 Å². The summed E-state index contributed by atoms with van der Waals surface area (Å²) in [6.07, 6.45) is 0. The molecule has 0 spiro atoms. The lowest BCUT2D eigenvalue weighted by Gasteiger charge is -2.38. The standard InChI is InChI=1S/C16H17BrClN3/c17-12-4-5-15(19)16(10-12)21-8-6-20(7-9-21)14-3-1-2-13(18)11-14/h1-5,10-11H,6-9,19H2. The van der Waals surface area contributed by atoms with E-state index in [1.165, 1.54) is 5.69 Å². The van der Waals surface area contributed by atoms with E-state index in [1.54, 1.807) is 0 Å². The van der Waals surface area contributed by atoms with Crippen LogP contribution in [0.25, 0.3) is 0 Å². The molecule has 0 bridgehead atoms. The van der Waals surface area contributed by atoms with Gasteiger partial charge < -0.3 is 15.5 Å². The Bertz CT molecular complexity index is 639. The van der Waals surface area contributed by atoms with Crippen molar-refractivity contribution in [3.05, 3.63) is 52.0 Å². The second-order valence-corrected chi connectivity index (χ2v) is 6.51. The third kappa shape index (κ3) is 3.27. The smallest absolute Gasteiger partial charge is 0.0612 e. The second-order valence-electron chi connectivity index (χ2n) is 5.16. The van der Waals surface area contributed by atoms with Crippen molar-refractivity contribution < 1.29 is 0 Å². The summed E-state index contributed by atoms with van der Waals surface area (Å²) in [6, 6.07) is 14.0. The number of nitrogens with zero attached hydrogens (tertiary/aromatic N) is 2. The van der Waals surface area contributed by atoms with Gasteiger partial charge in [-0.25, -0.2) is 0 Å². The molecule has 0 radical (unpaired) electrons. The van der Waals surface area contributed by atoms with Crippen LogP contribution in [-0.2, 0) is 0 Å². The minimum Gasteiger partial charge on any atom is -0.397 e. The molecule has 0 saturated carbocycles. The lowest BCUT2D eigenvalue weighted by molar-refractivity contribution is 0.654. The Kier molecular flexibility index (Phi) is 4.27. The second kappa shape index (κ2) is 6.16. The van der Waals surface area contributed by atoms with Crippen LogP contribution < -0.4 is 15.5 Å². The number of piperazine rings is 1. The lowest BCUT2D eigenvalue weighted by atomic mass is 10.2. The molecule has 5 heteroatoms. The van der Waals surface area contributed by atoms with Crippen molar-refractivity contribution in [1.82, 2.24) is 0 Å². The van der Waals surface area contributed by atoms with Gasteiger partial charge in [0.15, 0.2) is 0 Å². The molecule has 0 aromatic heterocycles. The number of hydrogen-bond acceptors (Lipinski definition) is 3. The van der Waals surface area contributed by atoms with E-state index in [1.807, 2.05) is 30.3 Å². The Morgan fingerprint density at radius 3 is 2.38 bits per heavy atom. The number of benzene rings is 2. The first-order chi connectivity index (χ1) is 10.1. The van der Waals surface area contributed by atoms with Crippen LogP contribution in [0.4, 0.5) is 17.1 Å². The molecule has 2 N–H and O–H groups in total. The molecule has 1 fully saturated rings. The van der Waals surface area contributed by atoms with Crippen molar-refractivity contribution >= 4 is 44.6 Å². The van der Waals surface area contributed by atoms with E-state index in [0.29, 0.717) is 0 Å². The van der Waals surface area contributed by atoms with Crippen LogP contribution in [-0.4, -0.2) is 26.2 Å². The zero-order chi connectivity index (χ0) is 14.8. The molecular formula is C16H17BrClN3. The van der Waals surface area contributed by atoms with E-state index in [0.717, 1.165) is 47.0 Å².